The molecule has 6 rings (SSSR count). The number of anilines is 1. The number of carbonyl (C=O) groups is 1. The van der Waals surface area contributed by atoms with Crippen LogP contribution >= 0.6 is 11.6 Å². The van der Waals surface area contributed by atoms with Crippen molar-refractivity contribution in [3.05, 3.63) is 98.5 Å². The van der Waals surface area contributed by atoms with Gasteiger partial charge in [-0.25, -0.2) is 4.79 Å². The molecule has 0 spiro atoms. The summed E-state index contributed by atoms with van der Waals surface area (Å²) in [6.45, 7) is 2.04. The Hall–Kier alpha value is -4.18. The number of aryl methyl sites for hydroxylation is 1. The van der Waals surface area contributed by atoms with Gasteiger partial charge in [-0.05, 0) is 60.0 Å². The fourth-order valence-corrected chi connectivity index (χ4v) is 5.47. The van der Waals surface area contributed by atoms with E-state index in [1.807, 2.05) is 30.3 Å². The summed E-state index contributed by atoms with van der Waals surface area (Å²) in [7, 11) is 0. The van der Waals surface area contributed by atoms with E-state index < -0.39 is 18.2 Å². The van der Waals surface area contributed by atoms with Crippen molar-refractivity contribution in [3.8, 4) is 5.69 Å². The molecular formula is C28H24ClN5O4. The molecule has 0 fully saturated rings. The van der Waals surface area contributed by atoms with E-state index in [1.54, 1.807) is 41.8 Å². The van der Waals surface area contributed by atoms with Gasteiger partial charge in [-0.2, -0.15) is 0 Å². The molecule has 1 aliphatic rings. The highest BCUT2D eigenvalue weighted by molar-refractivity contribution is 6.37. The van der Waals surface area contributed by atoms with Crippen LogP contribution in [0.15, 0.2) is 70.0 Å². The number of amides is 2. The lowest BCUT2D eigenvalue weighted by Gasteiger charge is -2.20. The van der Waals surface area contributed by atoms with E-state index in [1.165, 1.54) is 0 Å². The molecule has 0 saturated heterocycles. The van der Waals surface area contributed by atoms with Gasteiger partial charge >= 0.3 is 6.03 Å². The maximum Gasteiger partial charge on any atom is 0.319 e. The number of nitrogens with one attached hydrogen (secondary N) is 2. The van der Waals surface area contributed by atoms with Gasteiger partial charge in [-0.1, -0.05) is 41.0 Å². The second-order valence-corrected chi connectivity index (χ2v) is 9.78. The SMILES string of the molecule is Cc1onc2c1c(=O)n(-c1ccc3c(c1)C(NC(=O)Nc1cccc(CN)c1)C(O)C3)c1cccc(Cl)c21. The molecule has 2 amide bonds. The second-order valence-electron chi connectivity index (χ2n) is 9.37. The third-order valence-corrected chi connectivity index (χ3v) is 7.31. The van der Waals surface area contributed by atoms with E-state index in [9.17, 15) is 14.7 Å². The van der Waals surface area contributed by atoms with Crippen molar-refractivity contribution in [2.24, 2.45) is 5.73 Å². The van der Waals surface area contributed by atoms with E-state index in [0.717, 1.165) is 16.7 Å². The molecular weight excluding hydrogens is 506 g/mol. The standard InChI is InChI=1S/C28H24ClN5O4/c1-14-23-26(33-38-14)24-20(29)6-3-7-21(24)34(27(23)36)18-9-8-16-11-22(35)25(19(16)12-18)32-28(37)31-17-5-2-4-15(10-17)13-30/h2-10,12,22,25,35H,11,13,30H2,1H3,(H2,31,32,37). The Kier molecular flexibility index (Phi) is 5.91. The number of nitrogens with zero attached hydrogens (tertiary/aromatic N) is 2. The zero-order valence-electron chi connectivity index (χ0n) is 20.4. The third-order valence-electron chi connectivity index (χ3n) is 6.99. The summed E-state index contributed by atoms with van der Waals surface area (Å²) in [6.07, 6.45) is -0.457. The molecule has 0 bridgehead atoms. The van der Waals surface area contributed by atoms with Crippen molar-refractivity contribution in [1.82, 2.24) is 15.0 Å². The molecule has 5 aromatic rings. The molecule has 10 heteroatoms. The first kappa shape index (κ1) is 24.2. The minimum Gasteiger partial charge on any atom is -0.390 e. The second kappa shape index (κ2) is 9.29. The van der Waals surface area contributed by atoms with Gasteiger partial charge in [0.25, 0.3) is 5.56 Å². The topological polar surface area (TPSA) is 135 Å². The van der Waals surface area contributed by atoms with Crippen molar-refractivity contribution in [3.63, 3.8) is 0 Å². The molecule has 3 aromatic carbocycles. The lowest BCUT2D eigenvalue weighted by atomic mass is 10.1. The van der Waals surface area contributed by atoms with Crippen molar-refractivity contribution in [2.75, 3.05) is 5.32 Å². The van der Waals surface area contributed by atoms with Crippen molar-refractivity contribution in [1.29, 1.82) is 0 Å². The molecule has 2 unspecified atom stereocenters. The molecule has 0 aliphatic heterocycles. The van der Waals surface area contributed by atoms with Crippen LogP contribution in [0.4, 0.5) is 10.5 Å². The molecule has 2 atom stereocenters. The third kappa shape index (κ3) is 3.92. The highest BCUT2D eigenvalue weighted by Gasteiger charge is 2.33. The number of aliphatic hydroxyl groups is 1. The molecule has 1 aliphatic carbocycles. The summed E-state index contributed by atoms with van der Waals surface area (Å²) in [5.74, 6) is 0.395. The fraction of sp³-hybridized carbons (Fsp3) is 0.179. The van der Waals surface area contributed by atoms with Crippen LogP contribution in [-0.4, -0.2) is 27.0 Å². The number of halogens is 1. The smallest absolute Gasteiger partial charge is 0.319 e. The van der Waals surface area contributed by atoms with Crippen LogP contribution in [0.1, 0.15) is 28.5 Å². The number of carbonyl (C=O) groups excluding carboxylic acids is 1. The lowest BCUT2D eigenvalue weighted by molar-refractivity contribution is 0.144. The Morgan fingerprint density at radius 2 is 2.00 bits per heavy atom. The van der Waals surface area contributed by atoms with Gasteiger partial charge in [-0.3, -0.25) is 9.36 Å². The summed E-state index contributed by atoms with van der Waals surface area (Å²) < 4.78 is 6.91. The molecule has 5 N–H and O–H groups in total. The van der Waals surface area contributed by atoms with Gasteiger partial charge in [0.1, 0.15) is 16.7 Å². The number of urea groups is 1. The number of aliphatic hydroxyl groups excluding tert-OH is 1. The molecule has 38 heavy (non-hydrogen) atoms. The molecule has 2 heterocycles. The molecule has 0 radical (unpaired) electrons. The quantitative estimate of drug-likeness (QED) is 0.273. The first-order valence-electron chi connectivity index (χ1n) is 12.1. The van der Waals surface area contributed by atoms with E-state index >= 15 is 0 Å². The van der Waals surface area contributed by atoms with Crippen LogP contribution in [-0.2, 0) is 13.0 Å². The molecule has 2 aromatic heterocycles. The van der Waals surface area contributed by atoms with Crippen molar-refractivity contribution < 1.29 is 14.4 Å². The molecule has 192 valence electrons. The fourth-order valence-electron chi connectivity index (χ4n) is 5.21. The normalized spacial score (nSPS) is 16.6. The van der Waals surface area contributed by atoms with Crippen LogP contribution in [0.5, 0.6) is 0 Å². The number of fused-ring (bicyclic) bond motifs is 4. The summed E-state index contributed by atoms with van der Waals surface area (Å²) >= 11 is 6.54. The average Bonchev–Trinajstić information content (AvgIpc) is 3.43. The zero-order chi connectivity index (χ0) is 26.6. The predicted octanol–water partition coefficient (Wildman–Crippen LogP) is 4.33. The monoisotopic (exact) mass is 529 g/mol. The number of benzene rings is 3. The molecule has 0 saturated carbocycles. The van der Waals surface area contributed by atoms with Crippen molar-refractivity contribution >= 4 is 45.1 Å². The number of rotatable bonds is 4. The highest BCUT2D eigenvalue weighted by Crippen LogP contribution is 2.35. The Balaban J connectivity index is 1.41. The van der Waals surface area contributed by atoms with Gasteiger partial charge in [0.05, 0.1) is 22.7 Å². The van der Waals surface area contributed by atoms with Gasteiger partial charge in [-0.15, -0.1) is 0 Å². The first-order chi connectivity index (χ1) is 18.4. The minimum atomic E-state index is -0.827. The summed E-state index contributed by atoms with van der Waals surface area (Å²) in [4.78, 5) is 26.5. The van der Waals surface area contributed by atoms with Crippen LogP contribution in [0.25, 0.3) is 27.5 Å². The number of hydrogen-bond acceptors (Lipinski definition) is 6. The zero-order valence-corrected chi connectivity index (χ0v) is 21.1. The number of nitrogens with two attached hydrogens (primary N) is 1. The number of aromatic nitrogens is 2. The summed E-state index contributed by atoms with van der Waals surface area (Å²) in [6, 6.07) is 16.9. The predicted molar refractivity (Wildman–Crippen MR) is 146 cm³/mol. The Morgan fingerprint density at radius 1 is 1.18 bits per heavy atom. The Labute approximate surface area is 221 Å². The maximum atomic E-state index is 13.7. The van der Waals surface area contributed by atoms with Gasteiger partial charge < -0.3 is 26.0 Å². The minimum absolute atomic E-state index is 0.297. The van der Waals surface area contributed by atoms with Gasteiger partial charge in [0, 0.05) is 29.7 Å². The number of pyridine rings is 1. The number of hydrogen-bond donors (Lipinski definition) is 4. The van der Waals surface area contributed by atoms with E-state index in [-0.39, 0.29) is 5.56 Å². The van der Waals surface area contributed by atoms with Crippen LogP contribution in [0, 0.1) is 6.92 Å². The van der Waals surface area contributed by atoms with Crippen LogP contribution in [0.2, 0.25) is 5.02 Å². The molecule has 9 nitrogen and oxygen atoms in total. The summed E-state index contributed by atoms with van der Waals surface area (Å²) in [5.41, 5.74) is 10.1. The maximum absolute atomic E-state index is 13.7. The Morgan fingerprint density at radius 3 is 2.82 bits per heavy atom. The first-order valence-corrected chi connectivity index (χ1v) is 12.5. The highest BCUT2D eigenvalue weighted by atomic mass is 35.5. The Bertz CT molecular complexity index is 1790. The van der Waals surface area contributed by atoms with Gasteiger partial charge in [0.2, 0.25) is 0 Å². The van der Waals surface area contributed by atoms with E-state index in [4.69, 9.17) is 21.9 Å². The van der Waals surface area contributed by atoms with Crippen LogP contribution in [0.3, 0.4) is 0 Å². The van der Waals surface area contributed by atoms with Crippen molar-refractivity contribution in [2.45, 2.75) is 32.0 Å². The van der Waals surface area contributed by atoms with E-state index in [2.05, 4.69) is 15.8 Å². The van der Waals surface area contributed by atoms with Crippen LogP contribution < -0.4 is 21.9 Å². The lowest BCUT2D eigenvalue weighted by Crippen LogP contribution is -2.36. The van der Waals surface area contributed by atoms with Gasteiger partial charge in [0.15, 0.2) is 0 Å². The average molecular weight is 530 g/mol. The largest absolute Gasteiger partial charge is 0.390 e. The van der Waals surface area contributed by atoms with E-state index in [0.29, 0.717) is 56.9 Å². The summed E-state index contributed by atoms with van der Waals surface area (Å²) in [5, 5.41) is 22.0.